The Morgan fingerprint density at radius 2 is 2.14 bits per heavy atom. The average molecular weight is 306 g/mol. The topological polar surface area (TPSA) is 57.0 Å². The number of carbonyl (C=O) groups is 1. The van der Waals surface area contributed by atoms with Gasteiger partial charge in [-0.2, -0.15) is 0 Å². The Kier molecular flexibility index (Phi) is 3.92. The molecule has 110 valence electrons. The van der Waals surface area contributed by atoms with E-state index in [2.05, 4.69) is 10.2 Å². The van der Waals surface area contributed by atoms with Crippen LogP contribution in [0.1, 0.15) is 23.6 Å². The Morgan fingerprint density at radius 1 is 1.38 bits per heavy atom. The maximum absolute atomic E-state index is 11.7. The van der Waals surface area contributed by atoms with Crippen LogP contribution in [0.5, 0.6) is 0 Å². The third-order valence-corrected chi connectivity index (χ3v) is 4.09. The molecule has 1 aliphatic rings. The number of fused-ring (bicyclic) bond motifs is 1. The molecule has 0 spiro atoms. The summed E-state index contributed by atoms with van der Waals surface area (Å²) >= 11 is 5.89. The lowest BCUT2D eigenvalue weighted by Gasteiger charge is -2.22. The van der Waals surface area contributed by atoms with E-state index >= 15 is 0 Å². The summed E-state index contributed by atoms with van der Waals surface area (Å²) in [5, 5.41) is 9.20. The van der Waals surface area contributed by atoms with Crippen molar-refractivity contribution in [3.05, 3.63) is 46.5 Å². The van der Waals surface area contributed by atoms with Gasteiger partial charge in [-0.3, -0.25) is 4.79 Å². The van der Waals surface area contributed by atoms with Crippen LogP contribution < -0.4 is 0 Å². The predicted octanol–water partition coefficient (Wildman–Crippen LogP) is 2.26. The summed E-state index contributed by atoms with van der Waals surface area (Å²) in [5.41, 5.74) is 1.12. The molecule has 1 aromatic carbocycles. The van der Waals surface area contributed by atoms with E-state index in [-0.39, 0.29) is 11.9 Å². The zero-order valence-corrected chi connectivity index (χ0v) is 12.5. The van der Waals surface area contributed by atoms with Gasteiger partial charge in [0, 0.05) is 24.4 Å². The fourth-order valence-electron chi connectivity index (χ4n) is 2.66. The second kappa shape index (κ2) is 5.85. The van der Waals surface area contributed by atoms with Gasteiger partial charge >= 0.3 is 5.97 Å². The van der Waals surface area contributed by atoms with Crippen molar-refractivity contribution >= 4 is 17.6 Å². The summed E-state index contributed by atoms with van der Waals surface area (Å²) in [6, 6.07) is 7.68. The second-order valence-corrected chi connectivity index (χ2v) is 5.64. The van der Waals surface area contributed by atoms with Gasteiger partial charge in [-0.1, -0.05) is 23.7 Å². The molecule has 21 heavy (non-hydrogen) atoms. The van der Waals surface area contributed by atoms with Gasteiger partial charge in [-0.25, -0.2) is 0 Å². The fourth-order valence-corrected chi connectivity index (χ4v) is 2.78. The number of ether oxygens (including phenoxy) is 1. The van der Waals surface area contributed by atoms with Crippen LogP contribution in [-0.2, 0) is 28.9 Å². The summed E-state index contributed by atoms with van der Waals surface area (Å²) in [4.78, 5) is 11.7. The molecule has 0 radical (unpaired) electrons. The minimum atomic E-state index is -0.160. The van der Waals surface area contributed by atoms with Gasteiger partial charge in [0.05, 0.1) is 13.0 Å². The van der Waals surface area contributed by atoms with Gasteiger partial charge in [-0.05, 0) is 24.1 Å². The number of methoxy groups -OCH3 is 1. The Balaban J connectivity index is 1.81. The number of nitrogens with zero attached hydrogens (tertiary/aromatic N) is 3. The molecule has 1 unspecified atom stereocenters. The molecule has 2 heterocycles. The van der Waals surface area contributed by atoms with Crippen LogP contribution in [0, 0.1) is 5.92 Å². The summed E-state index contributed by atoms with van der Waals surface area (Å²) in [6.45, 7) is 0.595. The lowest BCUT2D eigenvalue weighted by atomic mass is 9.99. The number of carbonyl (C=O) groups excluding carboxylic acids is 1. The first-order chi connectivity index (χ1) is 10.2. The summed E-state index contributed by atoms with van der Waals surface area (Å²) in [6.07, 6.45) is 2.21. The highest BCUT2D eigenvalue weighted by Crippen LogP contribution is 2.22. The summed E-state index contributed by atoms with van der Waals surface area (Å²) in [5.74, 6) is 1.55. The number of hydrogen-bond donors (Lipinski definition) is 0. The van der Waals surface area contributed by atoms with Crippen molar-refractivity contribution in [2.75, 3.05) is 7.11 Å². The summed E-state index contributed by atoms with van der Waals surface area (Å²) < 4.78 is 6.89. The van der Waals surface area contributed by atoms with Crippen molar-refractivity contribution in [2.24, 2.45) is 5.92 Å². The molecular formula is C15H16ClN3O2. The number of halogens is 1. The first kappa shape index (κ1) is 14.1. The van der Waals surface area contributed by atoms with Crippen molar-refractivity contribution in [2.45, 2.75) is 25.8 Å². The van der Waals surface area contributed by atoms with E-state index in [1.165, 1.54) is 7.11 Å². The van der Waals surface area contributed by atoms with E-state index in [9.17, 15) is 4.79 Å². The lowest BCUT2D eigenvalue weighted by molar-refractivity contribution is -0.146. The number of aryl methyl sites for hydroxylation is 1. The monoisotopic (exact) mass is 305 g/mol. The Bertz CT molecular complexity index is 651. The standard InChI is InChI=1S/C15H16ClN3O2/c1-21-15(20)11-4-7-13-17-18-14(19(13)9-11)8-10-2-5-12(16)6-3-10/h2-3,5-6,11H,4,7-9H2,1H3. The smallest absolute Gasteiger partial charge is 0.310 e. The maximum Gasteiger partial charge on any atom is 0.310 e. The lowest BCUT2D eigenvalue weighted by Crippen LogP contribution is -2.28. The molecule has 0 bridgehead atoms. The van der Waals surface area contributed by atoms with E-state index in [1.807, 2.05) is 28.8 Å². The third-order valence-electron chi connectivity index (χ3n) is 3.83. The van der Waals surface area contributed by atoms with Gasteiger partial charge in [0.1, 0.15) is 11.6 Å². The number of benzene rings is 1. The van der Waals surface area contributed by atoms with E-state index in [4.69, 9.17) is 16.3 Å². The Hall–Kier alpha value is -1.88. The molecule has 1 aromatic heterocycles. The third kappa shape index (κ3) is 2.93. The highest BCUT2D eigenvalue weighted by atomic mass is 35.5. The highest BCUT2D eigenvalue weighted by Gasteiger charge is 2.28. The quantitative estimate of drug-likeness (QED) is 0.816. The molecule has 1 atom stereocenters. The van der Waals surface area contributed by atoms with Crippen LogP contribution in [0.25, 0.3) is 0 Å². The van der Waals surface area contributed by atoms with Crippen LogP contribution in [0.15, 0.2) is 24.3 Å². The van der Waals surface area contributed by atoms with Gasteiger partial charge in [0.15, 0.2) is 0 Å². The zero-order chi connectivity index (χ0) is 14.8. The van der Waals surface area contributed by atoms with Crippen molar-refractivity contribution in [1.29, 1.82) is 0 Å². The van der Waals surface area contributed by atoms with Crippen molar-refractivity contribution in [3.63, 3.8) is 0 Å². The SMILES string of the molecule is COC(=O)C1CCc2nnc(Cc3ccc(Cl)cc3)n2C1. The highest BCUT2D eigenvalue weighted by molar-refractivity contribution is 6.30. The van der Waals surface area contributed by atoms with Crippen LogP contribution in [0.3, 0.4) is 0 Å². The summed E-state index contributed by atoms with van der Waals surface area (Å²) in [7, 11) is 1.43. The molecule has 6 heteroatoms. The molecule has 0 aliphatic carbocycles. The largest absolute Gasteiger partial charge is 0.469 e. The van der Waals surface area contributed by atoms with E-state index < -0.39 is 0 Å². The Morgan fingerprint density at radius 3 is 2.86 bits per heavy atom. The number of rotatable bonds is 3. The molecule has 5 nitrogen and oxygen atoms in total. The maximum atomic E-state index is 11.7. The van der Waals surface area contributed by atoms with Gasteiger partial charge in [0.25, 0.3) is 0 Å². The van der Waals surface area contributed by atoms with E-state index in [0.717, 1.165) is 30.1 Å². The van der Waals surface area contributed by atoms with Crippen molar-refractivity contribution < 1.29 is 9.53 Å². The minimum Gasteiger partial charge on any atom is -0.469 e. The van der Waals surface area contributed by atoms with Crippen LogP contribution in [0.4, 0.5) is 0 Å². The number of esters is 1. The minimum absolute atomic E-state index is 0.109. The second-order valence-electron chi connectivity index (χ2n) is 5.21. The first-order valence-electron chi connectivity index (χ1n) is 6.90. The van der Waals surface area contributed by atoms with E-state index in [0.29, 0.717) is 18.0 Å². The van der Waals surface area contributed by atoms with Crippen LogP contribution in [-0.4, -0.2) is 27.8 Å². The molecule has 0 saturated carbocycles. The van der Waals surface area contributed by atoms with Gasteiger partial charge in [0.2, 0.25) is 0 Å². The molecule has 0 fully saturated rings. The molecule has 0 saturated heterocycles. The molecular weight excluding hydrogens is 290 g/mol. The Labute approximate surface area is 127 Å². The number of hydrogen-bond acceptors (Lipinski definition) is 4. The molecule has 3 rings (SSSR count). The predicted molar refractivity (Wildman–Crippen MR) is 78.1 cm³/mol. The van der Waals surface area contributed by atoms with Crippen molar-refractivity contribution in [3.8, 4) is 0 Å². The van der Waals surface area contributed by atoms with Crippen molar-refractivity contribution in [1.82, 2.24) is 14.8 Å². The van der Waals surface area contributed by atoms with E-state index in [1.54, 1.807) is 0 Å². The first-order valence-corrected chi connectivity index (χ1v) is 7.28. The molecule has 2 aromatic rings. The van der Waals surface area contributed by atoms with Crippen LogP contribution in [0.2, 0.25) is 5.02 Å². The number of aromatic nitrogens is 3. The molecule has 0 amide bonds. The fraction of sp³-hybridized carbons (Fsp3) is 0.400. The normalized spacial score (nSPS) is 17.3. The van der Waals surface area contributed by atoms with Crippen LogP contribution >= 0.6 is 11.6 Å². The zero-order valence-electron chi connectivity index (χ0n) is 11.8. The molecule has 1 aliphatic heterocycles. The van der Waals surface area contributed by atoms with Gasteiger partial charge < -0.3 is 9.30 Å². The average Bonchev–Trinajstić information content (AvgIpc) is 2.91. The molecule has 0 N–H and O–H groups in total. The van der Waals surface area contributed by atoms with Gasteiger partial charge in [-0.15, -0.1) is 10.2 Å².